The van der Waals surface area contributed by atoms with Crippen LogP contribution in [-0.2, 0) is 7.05 Å². The number of aromatic nitrogens is 1. The Bertz CT molecular complexity index is 397. The molecule has 16 heavy (non-hydrogen) atoms. The molecule has 1 aromatic heterocycles. The van der Waals surface area contributed by atoms with E-state index in [0.717, 1.165) is 30.8 Å². The van der Waals surface area contributed by atoms with E-state index in [2.05, 4.69) is 0 Å². The predicted octanol–water partition coefficient (Wildman–Crippen LogP) is 0.897. The molecule has 2 heterocycles. The SMILES string of the molecule is Cc1ccc(C(=O)N2CCCC2CN)n1C. The Morgan fingerprint density at radius 2 is 2.31 bits per heavy atom. The van der Waals surface area contributed by atoms with E-state index in [1.54, 1.807) is 0 Å². The molecule has 0 saturated carbocycles. The third-order valence-corrected chi connectivity index (χ3v) is 3.50. The summed E-state index contributed by atoms with van der Waals surface area (Å²) in [5.41, 5.74) is 7.55. The standard InChI is InChI=1S/C12H19N3O/c1-9-5-6-11(14(9)2)12(16)15-7-3-4-10(15)8-13/h5-6,10H,3-4,7-8,13H2,1-2H3. The van der Waals surface area contributed by atoms with Gasteiger partial charge in [-0.15, -0.1) is 0 Å². The minimum absolute atomic E-state index is 0.114. The summed E-state index contributed by atoms with van der Waals surface area (Å²) in [5.74, 6) is 0.114. The highest BCUT2D eigenvalue weighted by atomic mass is 16.2. The Labute approximate surface area is 96.0 Å². The lowest BCUT2D eigenvalue weighted by molar-refractivity contribution is 0.0731. The van der Waals surface area contributed by atoms with E-state index in [9.17, 15) is 4.79 Å². The van der Waals surface area contributed by atoms with E-state index in [1.807, 2.05) is 35.6 Å². The number of hydrogen-bond acceptors (Lipinski definition) is 2. The van der Waals surface area contributed by atoms with Crippen LogP contribution < -0.4 is 5.73 Å². The molecule has 1 aliphatic heterocycles. The third-order valence-electron chi connectivity index (χ3n) is 3.50. The summed E-state index contributed by atoms with van der Waals surface area (Å²) in [5, 5.41) is 0. The monoisotopic (exact) mass is 221 g/mol. The lowest BCUT2D eigenvalue weighted by Gasteiger charge is -2.23. The number of hydrogen-bond donors (Lipinski definition) is 1. The van der Waals surface area contributed by atoms with Crippen LogP contribution in [0.3, 0.4) is 0 Å². The second-order valence-electron chi connectivity index (χ2n) is 4.45. The van der Waals surface area contributed by atoms with Crippen molar-refractivity contribution < 1.29 is 4.79 Å². The molecule has 0 bridgehead atoms. The zero-order valence-electron chi connectivity index (χ0n) is 9.94. The molecule has 1 unspecified atom stereocenters. The maximum absolute atomic E-state index is 12.3. The van der Waals surface area contributed by atoms with Crippen molar-refractivity contribution in [1.82, 2.24) is 9.47 Å². The van der Waals surface area contributed by atoms with E-state index in [0.29, 0.717) is 6.54 Å². The molecule has 1 atom stereocenters. The molecule has 1 saturated heterocycles. The molecule has 0 aromatic carbocycles. The van der Waals surface area contributed by atoms with Crippen molar-refractivity contribution in [3.05, 3.63) is 23.5 Å². The van der Waals surface area contributed by atoms with Crippen molar-refractivity contribution in [3.8, 4) is 0 Å². The highest BCUT2D eigenvalue weighted by Crippen LogP contribution is 2.19. The van der Waals surface area contributed by atoms with Crippen LogP contribution in [0, 0.1) is 6.92 Å². The Hall–Kier alpha value is -1.29. The summed E-state index contributed by atoms with van der Waals surface area (Å²) < 4.78 is 1.94. The average molecular weight is 221 g/mol. The second-order valence-corrected chi connectivity index (χ2v) is 4.45. The quantitative estimate of drug-likeness (QED) is 0.806. The van der Waals surface area contributed by atoms with Gasteiger partial charge in [0.1, 0.15) is 5.69 Å². The largest absolute Gasteiger partial charge is 0.344 e. The van der Waals surface area contributed by atoms with Gasteiger partial charge in [0.2, 0.25) is 0 Å². The van der Waals surface area contributed by atoms with E-state index in [1.165, 1.54) is 0 Å². The number of amides is 1. The summed E-state index contributed by atoms with van der Waals surface area (Å²) >= 11 is 0. The van der Waals surface area contributed by atoms with Gasteiger partial charge in [-0.2, -0.15) is 0 Å². The van der Waals surface area contributed by atoms with E-state index in [-0.39, 0.29) is 11.9 Å². The minimum atomic E-state index is 0.114. The summed E-state index contributed by atoms with van der Waals surface area (Å²) in [7, 11) is 1.93. The number of nitrogens with zero attached hydrogens (tertiary/aromatic N) is 2. The first kappa shape index (κ1) is 11.2. The normalized spacial score (nSPS) is 20.4. The fourth-order valence-corrected chi connectivity index (χ4v) is 2.32. The van der Waals surface area contributed by atoms with Gasteiger partial charge in [0, 0.05) is 31.9 Å². The van der Waals surface area contributed by atoms with Gasteiger partial charge in [0.15, 0.2) is 0 Å². The van der Waals surface area contributed by atoms with Crippen LogP contribution in [0.4, 0.5) is 0 Å². The molecule has 2 rings (SSSR count). The fraction of sp³-hybridized carbons (Fsp3) is 0.583. The predicted molar refractivity (Wildman–Crippen MR) is 63.3 cm³/mol. The van der Waals surface area contributed by atoms with Crippen molar-refractivity contribution in [3.63, 3.8) is 0 Å². The number of carbonyl (C=O) groups excluding carboxylic acids is 1. The number of rotatable bonds is 2. The molecule has 4 nitrogen and oxygen atoms in total. The third kappa shape index (κ3) is 1.73. The molecule has 1 amide bonds. The van der Waals surface area contributed by atoms with Crippen molar-refractivity contribution in [2.75, 3.05) is 13.1 Å². The molecule has 0 spiro atoms. The summed E-state index contributed by atoms with van der Waals surface area (Å²) in [4.78, 5) is 14.2. The van der Waals surface area contributed by atoms with Crippen molar-refractivity contribution >= 4 is 5.91 Å². The molecule has 1 fully saturated rings. The van der Waals surface area contributed by atoms with Gasteiger partial charge in [0.05, 0.1) is 0 Å². The first-order valence-electron chi connectivity index (χ1n) is 5.78. The number of carbonyl (C=O) groups is 1. The molecule has 1 aromatic rings. The van der Waals surface area contributed by atoms with Gasteiger partial charge >= 0.3 is 0 Å². The van der Waals surface area contributed by atoms with Gasteiger partial charge in [-0.25, -0.2) is 0 Å². The van der Waals surface area contributed by atoms with Crippen molar-refractivity contribution in [1.29, 1.82) is 0 Å². The van der Waals surface area contributed by atoms with Crippen molar-refractivity contribution in [2.24, 2.45) is 12.8 Å². The van der Waals surface area contributed by atoms with Crippen LogP contribution in [0.2, 0.25) is 0 Å². The smallest absolute Gasteiger partial charge is 0.270 e. The maximum Gasteiger partial charge on any atom is 0.270 e. The topological polar surface area (TPSA) is 51.3 Å². The Kier molecular flexibility index (Phi) is 3.01. The second kappa shape index (κ2) is 4.29. The summed E-state index contributed by atoms with van der Waals surface area (Å²) in [6.07, 6.45) is 2.10. The zero-order chi connectivity index (χ0) is 11.7. The molecule has 1 aliphatic rings. The van der Waals surface area contributed by atoms with Gasteiger partial charge in [-0.3, -0.25) is 4.79 Å². The van der Waals surface area contributed by atoms with Crippen LogP contribution in [0.15, 0.2) is 12.1 Å². The maximum atomic E-state index is 12.3. The molecule has 4 heteroatoms. The fourth-order valence-electron chi connectivity index (χ4n) is 2.32. The van der Waals surface area contributed by atoms with Crippen molar-refractivity contribution in [2.45, 2.75) is 25.8 Å². The van der Waals surface area contributed by atoms with Crippen LogP contribution >= 0.6 is 0 Å². The van der Waals surface area contributed by atoms with Gasteiger partial charge in [-0.05, 0) is 31.9 Å². The van der Waals surface area contributed by atoms with E-state index >= 15 is 0 Å². The highest BCUT2D eigenvalue weighted by Gasteiger charge is 2.29. The minimum Gasteiger partial charge on any atom is -0.344 e. The Morgan fingerprint density at radius 3 is 2.88 bits per heavy atom. The molecule has 88 valence electrons. The van der Waals surface area contributed by atoms with E-state index < -0.39 is 0 Å². The van der Waals surface area contributed by atoms with Gasteiger partial charge in [-0.1, -0.05) is 0 Å². The molecule has 0 aliphatic carbocycles. The van der Waals surface area contributed by atoms with Gasteiger partial charge < -0.3 is 15.2 Å². The average Bonchev–Trinajstić information content (AvgIpc) is 2.86. The highest BCUT2D eigenvalue weighted by molar-refractivity contribution is 5.93. The zero-order valence-corrected chi connectivity index (χ0v) is 9.94. The number of nitrogens with two attached hydrogens (primary N) is 1. The molecule has 2 N–H and O–H groups in total. The summed E-state index contributed by atoms with van der Waals surface area (Å²) in [6, 6.07) is 4.09. The number of aryl methyl sites for hydroxylation is 1. The molecular weight excluding hydrogens is 202 g/mol. The van der Waals surface area contributed by atoms with E-state index in [4.69, 9.17) is 5.73 Å². The van der Waals surface area contributed by atoms with Crippen LogP contribution in [0.1, 0.15) is 29.0 Å². The van der Waals surface area contributed by atoms with Crippen LogP contribution in [0.25, 0.3) is 0 Å². The summed E-state index contributed by atoms with van der Waals surface area (Å²) in [6.45, 7) is 3.40. The lowest BCUT2D eigenvalue weighted by atomic mass is 10.2. The first-order valence-corrected chi connectivity index (χ1v) is 5.78. The molecular formula is C12H19N3O. The number of likely N-dealkylation sites (tertiary alicyclic amines) is 1. The first-order chi connectivity index (χ1) is 7.65. The van der Waals surface area contributed by atoms with Gasteiger partial charge in [0.25, 0.3) is 5.91 Å². The molecule has 0 radical (unpaired) electrons. The van der Waals surface area contributed by atoms with Crippen LogP contribution in [0.5, 0.6) is 0 Å². The Balaban J connectivity index is 2.22. The van der Waals surface area contributed by atoms with Crippen LogP contribution in [-0.4, -0.2) is 34.5 Å². The Morgan fingerprint density at radius 1 is 1.56 bits per heavy atom. The lowest BCUT2D eigenvalue weighted by Crippen LogP contribution is -2.40.